The predicted molar refractivity (Wildman–Crippen MR) is 102 cm³/mol. The molecule has 0 N–H and O–H groups in total. The first kappa shape index (κ1) is 19.5. The topological polar surface area (TPSA) is 59.1 Å². The van der Waals surface area contributed by atoms with Crippen molar-refractivity contribution in [2.75, 3.05) is 27.8 Å². The van der Waals surface area contributed by atoms with Gasteiger partial charge >= 0.3 is 0 Å². The molecular weight excluding hydrogens is 352 g/mol. The number of hydrogen-bond donors (Lipinski definition) is 0. The van der Waals surface area contributed by atoms with Crippen molar-refractivity contribution < 1.29 is 17.9 Å². The van der Waals surface area contributed by atoms with Crippen molar-refractivity contribution in [2.24, 2.45) is 0 Å². The number of benzene rings is 1. The zero-order chi connectivity index (χ0) is 18.7. The van der Waals surface area contributed by atoms with Crippen molar-refractivity contribution in [1.29, 1.82) is 0 Å². The predicted octanol–water partition coefficient (Wildman–Crippen LogP) is 3.35. The third kappa shape index (κ3) is 3.70. The first-order chi connectivity index (χ1) is 12.5. The van der Waals surface area contributed by atoms with E-state index in [1.165, 1.54) is 6.42 Å². The van der Waals surface area contributed by atoms with Gasteiger partial charge in [-0.3, -0.25) is 0 Å². The zero-order valence-electron chi connectivity index (χ0n) is 16.0. The maximum atomic E-state index is 13.3. The van der Waals surface area contributed by atoms with Crippen LogP contribution >= 0.6 is 0 Å². The second-order valence-electron chi connectivity index (χ2n) is 7.19. The molecule has 0 radical (unpaired) electrons. The van der Waals surface area contributed by atoms with E-state index in [0.717, 1.165) is 44.1 Å². The lowest BCUT2D eigenvalue weighted by Crippen LogP contribution is -2.46. The molecule has 146 valence electrons. The molecule has 1 aromatic rings. The Bertz CT molecular complexity index is 716. The van der Waals surface area contributed by atoms with Gasteiger partial charge in [-0.15, -0.1) is 0 Å². The monoisotopic (exact) mass is 382 g/mol. The molecule has 0 spiro atoms. The zero-order valence-corrected chi connectivity index (χ0v) is 16.8. The van der Waals surface area contributed by atoms with E-state index >= 15 is 0 Å². The van der Waals surface area contributed by atoms with Gasteiger partial charge in [0.05, 0.1) is 20.3 Å². The summed E-state index contributed by atoms with van der Waals surface area (Å²) in [6.45, 7) is 0.555. The normalized spacial score (nSPS) is 22.7. The molecule has 6 nitrogen and oxygen atoms in total. The summed E-state index contributed by atoms with van der Waals surface area (Å²) in [6, 6.07) is 5.55. The minimum absolute atomic E-state index is 0.118. The van der Waals surface area contributed by atoms with Crippen molar-refractivity contribution in [2.45, 2.75) is 57.0 Å². The second-order valence-corrected chi connectivity index (χ2v) is 9.13. The second kappa shape index (κ2) is 8.15. The number of methoxy groups -OCH3 is 2. The fourth-order valence-electron chi connectivity index (χ4n) is 4.22. The molecule has 1 saturated heterocycles. The van der Waals surface area contributed by atoms with Crippen molar-refractivity contribution in [3.63, 3.8) is 0 Å². The number of rotatable bonds is 6. The van der Waals surface area contributed by atoms with Crippen LogP contribution in [0, 0.1) is 0 Å². The molecule has 1 saturated carbocycles. The van der Waals surface area contributed by atoms with E-state index in [1.54, 1.807) is 29.9 Å². The SMILES string of the molecule is COc1ccc(C2CCCN2S(=O)(=O)N(C)C2CCCCC2)c(OC)c1. The van der Waals surface area contributed by atoms with Gasteiger partial charge in [-0.05, 0) is 31.7 Å². The molecule has 0 bridgehead atoms. The number of nitrogens with zero attached hydrogens (tertiary/aromatic N) is 2. The van der Waals surface area contributed by atoms with Crippen LogP contribution in [-0.2, 0) is 10.2 Å². The van der Waals surface area contributed by atoms with Crippen molar-refractivity contribution >= 4 is 10.2 Å². The van der Waals surface area contributed by atoms with Crippen LogP contribution in [0.5, 0.6) is 11.5 Å². The molecule has 1 atom stereocenters. The molecule has 3 rings (SSSR count). The summed E-state index contributed by atoms with van der Waals surface area (Å²) in [4.78, 5) is 0. The van der Waals surface area contributed by atoms with E-state index in [1.807, 2.05) is 18.2 Å². The standard InChI is InChI=1S/C19H30N2O4S/c1-20(15-8-5-4-6-9-15)26(22,23)21-13-7-10-18(21)17-12-11-16(24-2)14-19(17)25-3/h11-12,14-15,18H,4-10,13H2,1-3H3. The average Bonchev–Trinajstić information content (AvgIpc) is 3.18. The number of hydrogen-bond acceptors (Lipinski definition) is 4. The third-order valence-corrected chi connectivity index (χ3v) is 7.81. The van der Waals surface area contributed by atoms with E-state index < -0.39 is 10.2 Å². The number of ether oxygens (including phenoxy) is 2. The summed E-state index contributed by atoms with van der Waals surface area (Å²) >= 11 is 0. The fraction of sp³-hybridized carbons (Fsp3) is 0.684. The summed E-state index contributed by atoms with van der Waals surface area (Å²) in [7, 11) is 1.47. The van der Waals surface area contributed by atoms with Crippen LogP contribution in [-0.4, -0.2) is 50.9 Å². The Morgan fingerprint density at radius 3 is 2.42 bits per heavy atom. The van der Waals surface area contributed by atoms with E-state index in [4.69, 9.17) is 9.47 Å². The Balaban J connectivity index is 1.87. The van der Waals surface area contributed by atoms with Gasteiger partial charge in [0.25, 0.3) is 10.2 Å². The molecule has 1 aliphatic heterocycles. The smallest absolute Gasteiger partial charge is 0.282 e. The summed E-state index contributed by atoms with van der Waals surface area (Å²) in [5, 5.41) is 0. The van der Waals surface area contributed by atoms with Gasteiger partial charge in [-0.2, -0.15) is 17.0 Å². The summed E-state index contributed by atoms with van der Waals surface area (Å²) < 4.78 is 40.7. The quantitative estimate of drug-likeness (QED) is 0.757. The van der Waals surface area contributed by atoms with Crippen molar-refractivity contribution in [3.05, 3.63) is 23.8 Å². The van der Waals surface area contributed by atoms with Crippen LogP contribution < -0.4 is 9.47 Å². The molecular formula is C19H30N2O4S. The molecule has 1 aliphatic carbocycles. The average molecular weight is 383 g/mol. The van der Waals surface area contributed by atoms with Crippen molar-refractivity contribution in [3.8, 4) is 11.5 Å². The largest absolute Gasteiger partial charge is 0.497 e. The molecule has 1 aromatic carbocycles. The van der Waals surface area contributed by atoms with Crippen LogP contribution in [0.2, 0.25) is 0 Å². The van der Waals surface area contributed by atoms with Crippen LogP contribution in [0.25, 0.3) is 0 Å². The molecule has 2 fully saturated rings. The highest BCUT2D eigenvalue weighted by atomic mass is 32.2. The first-order valence-corrected chi connectivity index (χ1v) is 10.9. The Hall–Kier alpha value is -1.31. The van der Waals surface area contributed by atoms with E-state index in [0.29, 0.717) is 18.0 Å². The molecule has 0 amide bonds. The van der Waals surface area contributed by atoms with Gasteiger partial charge in [-0.1, -0.05) is 25.3 Å². The van der Waals surface area contributed by atoms with Crippen LogP contribution in [0.15, 0.2) is 18.2 Å². The molecule has 1 unspecified atom stereocenters. The van der Waals surface area contributed by atoms with E-state index in [2.05, 4.69) is 0 Å². The highest BCUT2D eigenvalue weighted by Crippen LogP contribution is 2.41. The van der Waals surface area contributed by atoms with Crippen LogP contribution in [0.4, 0.5) is 0 Å². The maximum absolute atomic E-state index is 13.3. The lowest BCUT2D eigenvalue weighted by atomic mass is 9.96. The highest BCUT2D eigenvalue weighted by molar-refractivity contribution is 7.86. The Kier molecular flexibility index (Phi) is 6.10. The molecule has 0 aromatic heterocycles. The minimum Gasteiger partial charge on any atom is -0.497 e. The lowest BCUT2D eigenvalue weighted by Gasteiger charge is -2.35. The van der Waals surface area contributed by atoms with Gasteiger partial charge in [0, 0.05) is 31.3 Å². The third-order valence-electron chi connectivity index (χ3n) is 5.75. The summed E-state index contributed by atoms with van der Waals surface area (Å²) in [5.74, 6) is 1.38. The fourth-order valence-corrected chi connectivity index (χ4v) is 6.04. The van der Waals surface area contributed by atoms with Gasteiger partial charge in [0.1, 0.15) is 11.5 Å². The molecule has 2 aliphatic rings. The molecule has 7 heteroatoms. The summed E-state index contributed by atoms with van der Waals surface area (Å²) in [6.07, 6.45) is 7.01. The first-order valence-electron chi connectivity index (χ1n) is 9.45. The van der Waals surface area contributed by atoms with Gasteiger partial charge < -0.3 is 9.47 Å². The van der Waals surface area contributed by atoms with Crippen LogP contribution in [0.3, 0.4) is 0 Å². The Morgan fingerprint density at radius 2 is 1.77 bits per heavy atom. The van der Waals surface area contributed by atoms with E-state index in [-0.39, 0.29) is 12.1 Å². The summed E-state index contributed by atoms with van der Waals surface area (Å²) in [5.41, 5.74) is 0.909. The molecule has 1 heterocycles. The maximum Gasteiger partial charge on any atom is 0.282 e. The van der Waals surface area contributed by atoms with E-state index in [9.17, 15) is 8.42 Å². The lowest BCUT2D eigenvalue weighted by molar-refractivity contribution is 0.258. The molecule has 26 heavy (non-hydrogen) atoms. The minimum atomic E-state index is -3.50. The highest BCUT2D eigenvalue weighted by Gasteiger charge is 2.40. The van der Waals surface area contributed by atoms with Gasteiger partial charge in [-0.25, -0.2) is 0 Å². The van der Waals surface area contributed by atoms with Crippen molar-refractivity contribution in [1.82, 2.24) is 8.61 Å². The Morgan fingerprint density at radius 1 is 1.04 bits per heavy atom. The Labute approximate surface area is 157 Å². The van der Waals surface area contributed by atoms with Crippen LogP contribution in [0.1, 0.15) is 56.6 Å². The van der Waals surface area contributed by atoms with Gasteiger partial charge in [0.15, 0.2) is 0 Å². The van der Waals surface area contributed by atoms with Gasteiger partial charge in [0.2, 0.25) is 0 Å².